The Hall–Kier alpha value is -4.03. The standard InChI is InChI=1S/C27H24F3N5O3S/c28-27(29,30)22-16-21(26(36)35-14-12-34(13-15-35)18-19-4-2-10-31-17-19)8-9-23(22)33-39(37,38)24-7-1-5-20-6-3-11-32-25(20)24/h1-11,16-17,33H,12-15,18H2. The summed E-state index contributed by atoms with van der Waals surface area (Å²) >= 11 is 0. The van der Waals surface area contributed by atoms with E-state index >= 15 is 0 Å². The van der Waals surface area contributed by atoms with Gasteiger partial charge in [0, 0.05) is 62.3 Å². The van der Waals surface area contributed by atoms with Crippen LogP contribution in [0.25, 0.3) is 10.9 Å². The van der Waals surface area contributed by atoms with Gasteiger partial charge in [0.1, 0.15) is 4.90 Å². The average molecular weight is 556 g/mol. The molecular formula is C27H24F3N5O3S. The van der Waals surface area contributed by atoms with Crippen LogP contribution >= 0.6 is 0 Å². The van der Waals surface area contributed by atoms with E-state index in [-0.39, 0.29) is 16.0 Å². The number of aromatic nitrogens is 2. The lowest BCUT2D eigenvalue weighted by Crippen LogP contribution is -2.48. The Kier molecular flexibility index (Phi) is 7.23. The minimum atomic E-state index is -4.91. The monoisotopic (exact) mass is 555 g/mol. The SMILES string of the molecule is O=C(c1ccc(NS(=O)(=O)c2cccc3cccnc23)c(C(F)(F)F)c1)N1CCN(Cc2cccnc2)CC1. The molecule has 0 atom stereocenters. The predicted molar refractivity (Wildman–Crippen MR) is 139 cm³/mol. The van der Waals surface area contributed by atoms with E-state index in [1.54, 1.807) is 30.6 Å². The third kappa shape index (κ3) is 5.86. The van der Waals surface area contributed by atoms with Crippen LogP contribution in [-0.2, 0) is 22.7 Å². The van der Waals surface area contributed by atoms with E-state index in [2.05, 4.69) is 19.6 Å². The molecule has 2 aromatic carbocycles. The number of carbonyl (C=O) groups excluding carboxylic acids is 1. The van der Waals surface area contributed by atoms with Crippen LogP contribution in [0.2, 0.25) is 0 Å². The van der Waals surface area contributed by atoms with E-state index in [4.69, 9.17) is 0 Å². The summed E-state index contributed by atoms with van der Waals surface area (Å²) in [4.78, 5) is 24.7. The molecule has 1 saturated heterocycles. The molecule has 1 fully saturated rings. The quantitative estimate of drug-likeness (QED) is 0.379. The highest BCUT2D eigenvalue weighted by Gasteiger charge is 2.36. The highest BCUT2D eigenvalue weighted by molar-refractivity contribution is 7.93. The van der Waals surface area contributed by atoms with Gasteiger partial charge in [-0.1, -0.05) is 24.3 Å². The Morgan fingerprint density at radius 2 is 1.69 bits per heavy atom. The molecule has 3 heterocycles. The number of carbonyl (C=O) groups is 1. The smallest absolute Gasteiger partial charge is 0.336 e. The van der Waals surface area contributed by atoms with Gasteiger partial charge >= 0.3 is 6.18 Å². The molecule has 0 aliphatic carbocycles. The fourth-order valence-corrected chi connectivity index (χ4v) is 5.80. The van der Waals surface area contributed by atoms with Gasteiger partial charge in [-0.3, -0.25) is 24.4 Å². The van der Waals surface area contributed by atoms with E-state index in [0.717, 1.165) is 11.6 Å². The molecular weight excluding hydrogens is 531 g/mol. The summed E-state index contributed by atoms with van der Waals surface area (Å²) in [5, 5.41) is 0.526. The van der Waals surface area contributed by atoms with Crippen molar-refractivity contribution in [3.63, 3.8) is 0 Å². The van der Waals surface area contributed by atoms with Crippen LogP contribution in [0.4, 0.5) is 18.9 Å². The van der Waals surface area contributed by atoms with Gasteiger partial charge in [0.05, 0.1) is 16.8 Å². The number of alkyl halides is 3. The lowest BCUT2D eigenvalue weighted by Gasteiger charge is -2.34. The molecule has 39 heavy (non-hydrogen) atoms. The number of sulfonamides is 1. The van der Waals surface area contributed by atoms with Crippen molar-refractivity contribution in [2.24, 2.45) is 0 Å². The number of hydrogen-bond acceptors (Lipinski definition) is 6. The summed E-state index contributed by atoms with van der Waals surface area (Å²) in [7, 11) is -4.43. The second-order valence-corrected chi connectivity index (χ2v) is 10.8. The number of fused-ring (bicyclic) bond motifs is 1. The van der Waals surface area contributed by atoms with Crippen molar-refractivity contribution in [2.75, 3.05) is 30.9 Å². The van der Waals surface area contributed by atoms with Crippen LogP contribution in [0.3, 0.4) is 0 Å². The third-order valence-electron chi connectivity index (χ3n) is 6.49. The largest absolute Gasteiger partial charge is 0.418 e. The van der Waals surface area contributed by atoms with Gasteiger partial charge in [-0.2, -0.15) is 13.2 Å². The maximum atomic E-state index is 14.0. The maximum absolute atomic E-state index is 14.0. The Balaban J connectivity index is 1.35. The van der Waals surface area contributed by atoms with Crippen molar-refractivity contribution >= 4 is 32.5 Å². The topological polar surface area (TPSA) is 95.5 Å². The zero-order valence-electron chi connectivity index (χ0n) is 20.6. The van der Waals surface area contributed by atoms with Crippen LogP contribution in [0.15, 0.2) is 84.1 Å². The number of piperazine rings is 1. The average Bonchev–Trinajstić information content (AvgIpc) is 2.93. The first-order valence-electron chi connectivity index (χ1n) is 12.1. The molecule has 0 radical (unpaired) electrons. The van der Waals surface area contributed by atoms with Crippen molar-refractivity contribution in [3.8, 4) is 0 Å². The lowest BCUT2D eigenvalue weighted by atomic mass is 10.1. The van der Waals surface area contributed by atoms with E-state index < -0.39 is 33.4 Å². The summed E-state index contributed by atoms with van der Waals surface area (Å²) in [6.45, 7) is 2.48. The number of rotatable bonds is 6. The number of para-hydroxylation sites is 1. The molecule has 0 spiro atoms. The molecule has 1 N–H and O–H groups in total. The zero-order chi connectivity index (χ0) is 27.6. The number of anilines is 1. The Morgan fingerprint density at radius 3 is 2.41 bits per heavy atom. The first-order valence-corrected chi connectivity index (χ1v) is 13.6. The first kappa shape index (κ1) is 26.6. The molecule has 5 rings (SSSR count). The molecule has 1 aliphatic heterocycles. The van der Waals surface area contributed by atoms with Gasteiger partial charge in [-0.25, -0.2) is 8.42 Å². The Bertz CT molecular complexity index is 1600. The van der Waals surface area contributed by atoms with Crippen LogP contribution in [0, 0.1) is 0 Å². The fourth-order valence-electron chi connectivity index (χ4n) is 4.54. The molecule has 12 heteroatoms. The summed E-state index contributed by atoms with van der Waals surface area (Å²) < 4.78 is 70.4. The highest BCUT2D eigenvalue weighted by Crippen LogP contribution is 2.37. The number of halogens is 3. The van der Waals surface area contributed by atoms with Gasteiger partial charge in [-0.05, 0) is 42.0 Å². The molecule has 202 valence electrons. The molecule has 0 saturated carbocycles. The predicted octanol–water partition coefficient (Wildman–Crippen LogP) is 4.41. The highest BCUT2D eigenvalue weighted by atomic mass is 32.2. The van der Waals surface area contributed by atoms with Gasteiger partial charge in [0.2, 0.25) is 0 Å². The summed E-state index contributed by atoms with van der Waals surface area (Å²) in [5.74, 6) is -0.547. The van der Waals surface area contributed by atoms with Gasteiger partial charge < -0.3 is 4.90 Å². The van der Waals surface area contributed by atoms with Gasteiger partial charge in [0.15, 0.2) is 0 Å². The minimum absolute atomic E-state index is 0.135. The van der Waals surface area contributed by atoms with E-state index in [1.165, 1.54) is 29.3 Å². The Morgan fingerprint density at radius 1 is 0.949 bits per heavy atom. The van der Waals surface area contributed by atoms with E-state index in [1.807, 2.05) is 12.1 Å². The normalized spacial score (nSPS) is 14.9. The van der Waals surface area contributed by atoms with Crippen molar-refractivity contribution in [1.29, 1.82) is 0 Å². The van der Waals surface area contributed by atoms with E-state index in [9.17, 15) is 26.4 Å². The van der Waals surface area contributed by atoms with Gasteiger partial charge in [-0.15, -0.1) is 0 Å². The fraction of sp³-hybridized carbons (Fsp3) is 0.222. The molecule has 4 aromatic rings. The van der Waals surface area contributed by atoms with Crippen molar-refractivity contribution in [1.82, 2.24) is 19.8 Å². The Labute approximate surface area is 223 Å². The second kappa shape index (κ2) is 10.6. The van der Waals surface area contributed by atoms with Crippen LogP contribution in [0.5, 0.6) is 0 Å². The van der Waals surface area contributed by atoms with Crippen LogP contribution in [-0.4, -0.2) is 60.3 Å². The van der Waals surface area contributed by atoms with Gasteiger partial charge in [0.25, 0.3) is 15.9 Å². The zero-order valence-corrected chi connectivity index (χ0v) is 21.4. The summed E-state index contributed by atoms with van der Waals surface area (Å²) in [6, 6.07) is 14.4. The van der Waals surface area contributed by atoms with Crippen molar-refractivity contribution in [2.45, 2.75) is 17.6 Å². The van der Waals surface area contributed by atoms with Crippen LogP contribution < -0.4 is 4.72 Å². The third-order valence-corrected chi connectivity index (χ3v) is 7.89. The lowest BCUT2D eigenvalue weighted by molar-refractivity contribution is -0.136. The minimum Gasteiger partial charge on any atom is -0.336 e. The summed E-state index contributed by atoms with van der Waals surface area (Å²) in [5.41, 5.74) is -0.925. The van der Waals surface area contributed by atoms with Crippen molar-refractivity contribution < 1.29 is 26.4 Å². The van der Waals surface area contributed by atoms with Crippen molar-refractivity contribution in [3.05, 3.63) is 95.9 Å². The molecule has 0 bridgehead atoms. The number of nitrogens with zero attached hydrogens (tertiary/aromatic N) is 4. The number of pyridine rings is 2. The van der Waals surface area contributed by atoms with E-state index in [0.29, 0.717) is 44.2 Å². The summed E-state index contributed by atoms with van der Waals surface area (Å²) in [6.07, 6.45) is -0.0513. The van der Waals surface area contributed by atoms with Crippen LogP contribution in [0.1, 0.15) is 21.5 Å². The number of benzene rings is 2. The molecule has 2 aromatic heterocycles. The molecule has 0 unspecified atom stereocenters. The molecule has 8 nitrogen and oxygen atoms in total. The number of hydrogen-bond donors (Lipinski definition) is 1. The maximum Gasteiger partial charge on any atom is 0.418 e. The number of amides is 1. The molecule has 1 amide bonds. The molecule has 1 aliphatic rings. The first-order chi connectivity index (χ1) is 18.6. The second-order valence-electron chi connectivity index (χ2n) is 9.12. The number of nitrogens with one attached hydrogen (secondary N) is 1.